The summed E-state index contributed by atoms with van der Waals surface area (Å²) in [6.07, 6.45) is 0. The summed E-state index contributed by atoms with van der Waals surface area (Å²) in [6.45, 7) is 0.393. The van der Waals surface area contributed by atoms with E-state index in [2.05, 4.69) is 10.5 Å². The minimum Gasteiger partial charge on any atom is -0.409 e. The highest BCUT2D eigenvalue weighted by Gasteiger charge is 2.07. The minimum absolute atomic E-state index is 0.0395. The maximum Gasteiger partial charge on any atom is 0.251 e. The molecule has 2 aromatic carbocycles. The van der Waals surface area contributed by atoms with E-state index >= 15 is 0 Å². The van der Waals surface area contributed by atoms with Gasteiger partial charge in [-0.25, -0.2) is 0 Å². The molecule has 5 nitrogen and oxygen atoms in total. The Morgan fingerprint density at radius 3 is 2.52 bits per heavy atom. The lowest BCUT2D eigenvalue weighted by Crippen LogP contribution is -2.23. The molecule has 0 aliphatic heterocycles. The maximum atomic E-state index is 12.1. The summed E-state index contributed by atoms with van der Waals surface area (Å²) in [7, 11) is 0. The lowest BCUT2D eigenvalue weighted by atomic mass is 10.1. The van der Waals surface area contributed by atoms with E-state index in [-0.39, 0.29) is 11.7 Å². The van der Waals surface area contributed by atoms with Crippen LogP contribution in [0.25, 0.3) is 0 Å². The molecule has 0 saturated carbocycles. The fourth-order valence-electron chi connectivity index (χ4n) is 1.76. The summed E-state index contributed by atoms with van der Waals surface area (Å²) < 4.78 is 0. The SMILES string of the molecule is N/C(=N\O)c1cccc(C(=O)NCc2ccc(Cl)cc2)c1. The summed E-state index contributed by atoms with van der Waals surface area (Å²) in [5, 5.41) is 15.0. The first kappa shape index (κ1) is 14.9. The largest absolute Gasteiger partial charge is 0.409 e. The Labute approximate surface area is 127 Å². The zero-order valence-electron chi connectivity index (χ0n) is 11.1. The molecule has 2 rings (SSSR count). The lowest BCUT2D eigenvalue weighted by Gasteiger charge is -2.07. The molecule has 21 heavy (non-hydrogen) atoms. The number of oxime groups is 1. The van der Waals surface area contributed by atoms with Gasteiger partial charge in [0.15, 0.2) is 5.84 Å². The van der Waals surface area contributed by atoms with Gasteiger partial charge in [0.2, 0.25) is 0 Å². The number of rotatable bonds is 4. The number of hydrogen-bond acceptors (Lipinski definition) is 3. The molecule has 108 valence electrons. The number of nitrogens with zero attached hydrogens (tertiary/aromatic N) is 1. The molecule has 0 heterocycles. The summed E-state index contributed by atoms with van der Waals surface area (Å²) >= 11 is 5.80. The van der Waals surface area contributed by atoms with Crippen molar-refractivity contribution in [1.29, 1.82) is 0 Å². The highest BCUT2D eigenvalue weighted by atomic mass is 35.5. The number of carbonyl (C=O) groups excluding carboxylic acids is 1. The van der Waals surface area contributed by atoms with E-state index in [1.807, 2.05) is 12.1 Å². The molecular formula is C15H14ClN3O2. The van der Waals surface area contributed by atoms with Crippen LogP contribution in [0.15, 0.2) is 53.7 Å². The average molecular weight is 304 g/mol. The maximum absolute atomic E-state index is 12.1. The Bertz CT molecular complexity index is 669. The molecule has 0 radical (unpaired) electrons. The van der Waals surface area contributed by atoms with Gasteiger partial charge in [0.05, 0.1) is 0 Å². The molecule has 0 saturated heterocycles. The molecule has 1 amide bonds. The Balaban J connectivity index is 2.05. The zero-order valence-corrected chi connectivity index (χ0v) is 11.8. The number of amidine groups is 1. The van der Waals surface area contributed by atoms with Crippen LogP contribution in [0.1, 0.15) is 21.5 Å². The zero-order chi connectivity index (χ0) is 15.2. The predicted octanol–water partition coefficient (Wildman–Crippen LogP) is 2.36. The monoisotopic (exact) mass is 303 g/mol. The van der Waals surface area contributed by atoms with Gasteiger partial charge in [0.25, 0.3) is 5.91 Å². The van der Waals surface area contributed by atoms with E-state index in [0.717, 1.165) is 5.56 Å². The van der Waals surface area contributed by atoms with Gasteiger partial charge in [-0.05, 0) is 29.8 Å². The number of benzene rings is 2. The van der Waals surface area contributed by atoms with Gasteiger partial charge in [-0.15, -0.1) is 0 Å². The molecule has 4 N–H and O–H groups in total. The number of hydrogen-bond donors (Lipinski definition) is 3. The van der Waals surface area contributed by atoms with Gasteiger partial charge in [0.1, 0.15) is 0 Å². The van der Waals surface area contributed by atoms with Crippen molar-refractivity contribution in [2.45, 2.75) is 6.54 Å². The third-order valence-corrected chi connectivity index (χ3v) is 3.15. The van der Waals surface area contributed by atoms with E-state index in [1.165, 1.54) is 0 Å². The highest BCUT2D eigenvalue weighted by Crippen LogP contribution is 2.10. The average Bonchev–Trinajstić information content (AvgIpc) is 2.53. The van der Waals surface area contributed by atoms with Crippen molar-refractivity contribution in [3.8, 4) is 0 Å². The molecule has 0 aliphatic carbocycles. The van der Waals surface area contributed by atoms with Gasteiger partial charge in [-0.3, -0.25) is 4.79 Å². The van der Waals surface area contributed by atoms with Crippen LogP contribution >= 0.6 is 11.6 Å². The smallest absolute Gasteiger partial charge is 0.251 e. The molecule has 6 heteroatoms. The Hall–Kier alpha value is -2.53. The molecule has 0 unspecified atom stereocenters. The number of carbonyl (C=O) groups is 1. The fourth-order valence-corrected chi connectivity index (χ4v) is 1.89. The predicted molar refractivity (Wildman–Crippen MR) is 81.6 cm³/mol. The van der Waals surface area contributed by atoms with Crippen LogP contribution < -0.4 is 11.1 Å². The van der Waals surface area contributed by atoms with Crippen LogP contribution in [0.3, 0.4) is 0 Å². The summed E-state index contributed by atoms with van der Waals surface area (Å²) in [5.41, 5.74) is 7.36. The van der Waals surface area contributed by atoms with Crippen LogP contribution in [0.4, 0.5) is 0 Å². The van der Waals surface area contributed by atoms with Crippen molar-refractivity contribution < 1.29 is 10.0 Å². The molecular weight excluding hydrogens is 290 g/mol. The number of halogens is 1. The van der Waals surface area contributed by atoms with Crippen LogP contribution in [0, 0.1) is 0 Å². The van der Waals surface area contributed by atoms with Crippen molar-refractivity contribution in [2.75, 3.05) is 0 Å². The normalized spacial score (nSPS) is 11.2. The Morgan fingerprint density at radius 2 is 1.86 bits per heavy atom. The summed E-state index contributed by atoms with van der Waals surface area (Å²) in [4.78, 5) is 12.1. The molecule has 2 aromatic rings. The van der Waals surface area contributed by atoms with E-state index in [0.29, 0.717) is 22.7 Å². The molecule has 0 spiro atoms. The van der Waals surface area contributed by atoms with Crippen molar-refractivity contribution in [1.82, 2.24) is 5.32 Å². The van der Waals surface area contributed by atoms with Gasteiger partial charge in [-0.2, -0.15) is 0 Å². The molecule has 0 bridgehead atoms. The Morgan fingerprint density at radius 1 is 1.19 bits per heavy atom. The summed E-state index contributed by atoms with van der Waals surface area (Å²) in [6, 6.07) is 13.8. The van der Waals surface area contributed by atoms with Gasteiger partial charge in [-0.1, -0.05) is 41.0 Å². The molecule has 0 aliphatic rings. The standard InChI is InChI=1S/C15H14ClN3O2/c16-13-6-4-10(5-7-13)9-18-15(20)12-3-1-2-11(8-12)14(17)19-21/h1-8,21H,9H2,(H2,17,19)(H,18,20). The topological polar surface area (TPSA) is 87.7 Å². The quantitative estimate of drug-likeness (QED) is 0.351. The van der Waals surface area contributed by atoms with E-state index in [9.17, 15) is 4.79 Å². The third kappa shape index (κ3) is 3.97. The van der Waals surface area contributed by atoms with Crippen LogP contribution in [-0.4, -0.2) is 17.0 Å². The fraction of sp³-hybridized carbons (Fsp3) is 0.0667. The number of nitrogens with two attached hydrogens (primary N) is 1. The van der Waals surface area contributed by atoms with Gasteiger partial charge < -0.3 is 16.3 Å². The lowest BCUT2D eigenvalue weighted by molar-refractivity contribution is 0.0951. The number of amides is 1. The second-order valence-electron chi connectivity index (χ2n) is 4.38. The first-order valence-corrected chi connectivity index (χ1v) is 6.58. The van der Waals surface area contributed by atoms with Crippen LogP contribution in [0.5, 0.6) is 0 Å². The number of nitrogens with one attached hydrogen (secondary N) is 1. The van der Waals surface area contributed by atoms with Gasteiger partial charge >= 0.3 is 0 Å². The van der Waals surface area contributed by atoms with Crippen LogP contribution in [-0.2, 0) is 6.54 Å². The molecule has 0 atom stereocenters. The second-order valence-corrected chi connectivity index (χ2v) is 4.81. The second kappa shape index (κ2) is 6.76. The van der Waals surface area contributed by atoms with Crippen LogP contribution in [0.2, 0.25) is 5.02 Å². The van der Waals surface area contributed by atoms with Crippen molar-refractivity contribution in [3.63, 3.8) is 0 Å². The molecule has 0 aromatic heterocycles. The van der Waals surface area contributed by atoms with E-state index < -0.39 is 0 Å². The first-order valence-electron chi connectivity index (χ1n) is 6.21. The first-order chi connectivity index (χ1) is 10.1. The van der Waals surface area contributed by atoms with E-state index in [1.54, 1.807) is 36.4 Å². The van der Waals surface area contributed by atoms with Crippen molar-refractivity contribution >= 4 is 23.3 Å². The third-order valence-electron chi connectivity index (χ3n) is 2.89. The minimum atomic E-state index is -0.238. The van der Waals surface area contributed by atoms with Crippen molar-refractivity contribution in [3.05, 3.63) is 70.2 Å². The van der Waals surface area contributed by atoms with E-state index in [4.69, 9.17) is 22.5 Å². The molecule has 0 fully saturated rings. The Kier molecular flexibility index (Phi) is 4.79. The summed E-state index contributed by atoms with van der Waals surface area (Å²) in [5.74, 6) is -0.278. The highest BCUT2D eigenvalue weighted by molar-refractivity contribution is 6.30. The van der Waals surface area contributed by atoms with Gasteiger partial charge in [0, 0.05) is 22.7 Å². The van der Waals surface area contributed by atoms with Crippen molar-refractivity contribution in [2.24, 2.45) is 10.9 Å².